The third-order valence-electron chi connectivity index (χ3n) is 9.03. The van der Waals surface area contributed by atoms with E-state index in [1.165, 1.54) is 6.92 Å². The standard InChI is InChI=1S/C30H53NO15/c1-15-29(46-30-28(42)23(37)16(33)14-43-30)27(41)25(39)17(44-15)12-18-24(38)26(40)22(19(13-32)45-18)31-20(34)10-8-6-4-2-3-5-7-9-11-21(35)36/h15-19,22-30,32-33,37-42H,2-14H2,1H3,(H,31,34)(H,35,36)/t15-,16-,17+,18+,19-,22?,23?,24?,25?,26?,27?,28?,29?,30+/m1/s1. The number of ether oxygens (including phenoxy) is 4. The number of nitrogens with one attached hydrogen (secondary N) is 1. The van der Waals surface area contributed by atoms with E-state index >= 15 is 0 Å². The number of aliphatic carboxylic acids is 1. The Kier molecular flexibility index (Phi) is 15.9. The highest BCUT2D eigenvalue weighted by Gasteiger charge is 2.51. The summed E-state index contributed by atoms with van der Waals surface area (Å²) in [5.74, 6) is -1.15. The van der Waals surface area contributed by atoms with Crippen molar-refractivity contribution in [2.24, 2.45) is 0 Å². The number of carboxylic acid groups (broad SMARTS) is 1. The quantitative estimate of drug-likeness (QED) is 0.0729. The molecule has 16 nitrogen and oxygen atoms in total. The monoisotopic (exact) mass is 667 g/mol. The first kappa shape index (κ1) is 38.9. The van der Waals surface area contributed by atoms with Crippen LogP contribution in [0.3, 0.4) is 0 Å². The van der Waals surface area contributed by atoms with Gasteiger partial charge in [-0.1, -0.05) is 38.5 Å². The molecule has 0 spiro atoms. The molecular formula is C30H53NO15. The van der Waals surface area contributed by atoms with Crippen LogP contribution in [-0.2, 0) is 28.5 Å². The number of hydrogen-bond acceptors (Lipinski definition) is 14. The van der Waals surface area contributed by atoms with Gasteiger partial charge in [0.1, 0.15) is 54.9 Å². The van der Waals surface area contributed by atoms with E-state index in [0.717, 1.165) is 38.5 Å². The second kappa shape index (κ2) is 18.9. The molecule has 3 aliphatic rings. The largest absolute Gasteiger partial charge is 0.481 e. The number of aliphatic hydroxyl groups excluding tert-OH is 8. The predicted octanol–water partition coefficient (Wildman–Crippen LogP) is -2.34. The van der Waals surface area contributed by atoms with Gasteiger partial charge in [0, 0.05) is 19.3 Å². The fourth-order valence-corrected chi connectivity index (χ4v) is 6.25. The molecule has 46 heavy (non-hydrogen) atoms. The molecule has 0 radical (unpaired) electrons. The number of aliphatic hydroxyl groups is 8. The van der Waals surface area contributed by atoms with Gasteiger partial charge in [-0.3, -0.25) is 9.59 Å². The van der Waals surface area contributed by atoms with Gasteiger partial charge in [0.2, 0.25) is 5.91 Å². The molecule has 3 saturated heterocycles. The van der Waals surface area contributed by atoms with Gasteiger partial charge in [-0.15, -0.1) is 0 Å². The van der Waals surface area contributed by atoms with Crippen molar-refractivity contribution in [2.45, 2.75) is 163 Å². The summed E-state index contributed by atoms with van der Waals surface area (Å²) < 4.78 is 22.5. The Morgan fingerprint density at radius 2 is 1.28 bits per heavy atom. The van der Waals surface area contributed by atoms with Crippen LogP contribution < -0.4 is 5.32 Å². The molecule has 0 saturated carbocycles. The zero-order chi connectivity index (χ0) is 34.0. The van der Waals surface area contributed by atoms with E-state index in [1.807, 2.05) is 0 Å². The summed E-state index contributed by atoms with van der Waals surface area (Å²) in [6, 6.07) is -1.09. The smallest absolute Gasteiger partial charge is 0.303 e. The minimum atomic E-state index is -1.62. The van der Waals surface area contributed by atoms with E-state index in [2.05, 4.69) is 5.32 Å². The van der Waals surface area contributed by atoms with Crippen molar-refractivity contribution in [3.05, 3.63) is 0 Å². The third kappa shape index (κ3) is 10.7. The summed E-state index contributed by atoms with van der Waals surface area (Å²) in [5, 5.41) is 94.3. The van der Waals surface area contributed by atoms with E-state index < -0.39 is 98.2 Å². The fraction of sp³-hybridized carbons (Fsp3) is 0.933. The minimum Gasteiger partial charge on any atom is -0.481 e. The van der Waals surface area contributed by atoms with Gasteiger partial charge in [0.05, 0.1) is 37.6 Å². The zero-order valence-electron chi connectivity index (χ0n) is 26.2. The molecule has 3 fully saturated rings. The first-order chi connectivity index (χ1) is 21.8. The summed E-state index contributed by atoms with van der Waals surface area (Å²) in [6.45, 7) is 0.636. The molecule has 0 aliphatic carbocycles. The minimum absolute atomic E-state index is 0.184. The topological polar surface area (TPSA) is 265 Å². The average Bonchev–Trinajstić information content (AvgIpc) is 3.02. The number of rotatable bonds is 17. The molecule has 0 bridgehead atoms. The number of carbonyl (C=O) groups excluding carboxylic acids is 1. The first-order valence-electron chi connectivity index (χ1n) is 16.3. The van der Waals surface area contributed by atoms with Crippen LogP contribution in [0, 0.1) is 0 Å². The molecular weight excluding hydrogens is 614 g/mol. The summed E-state index contributed by atoms with van der Waals surface area (Å²) >= 11 is 0. The molecule has 3 aliphatic heterocycles. The van der Waals surface area contributed by atoms with Gasteiger partial charge in [0.25, 0.3) is 0 Å². The van der Waals surface area contributed by atoms with Crippen LogP contribution in [0.4, 0.5) is 0 Å². The lowest BCUT2D eigenvalue weighted by Crippen LogP contribution is -2.66. The van der Waals surface area contributed by atoms with E-state index in [9.17, 15) is 50.4 Å². The van der Waals surface area contributed by atoms with Crippen molar-refractivity contribution in [1.82, 2.24) is 5.32 Å². The Hall–Kier alpha value is -1.54. The lowest BCUT2D eigenvalue weighted by atomic mass is 9.86. The molecule has 0 aromatic carbocycles. The Labute approximate surface area is 268 Å². The summed E-state index contributed by atoms with van der Waals surface area (Å²) in [5.41, 5.74) is 0. The first-order valence-corrected chi connectivity index (χ1v) is 16.3. The van der Waals surface area contributed by atoms with Gasteiger partial charge >= 0.3 is 5.97 Å². The maximum absolute atomic E-state index is 12.6. The van der Waals surface area contributed by atoms with Crippen LogP contribution in [0.5, 0.6) is 0 Å². The Morgan fingerprint density at radius 3 is 1.89 bits per heavy atom. The van der Waals surface area contributed by atoms with Crippen LogP contribution in [0.15, 0.2) is 0 Å². The van der Waals surface area contributed by atoms with Crippen LogP contribution >= 0.6 is 0 Å². The van der Waals surface area contributed by atoms with Crippen LogP contribution in [0.25, 0.3) is 0 Å². The predicted molar refractivity (Wildman–Crippen MR) is 157 cm³/mol. The van der Waals surface area contributed by atoms with Gasteiger partial charge in [0.15, 0.2) is 6.29 Å². The van der Waals surface area contributed by atoms with Crippen molar-refractivity contribution < 1.29 is 74.5 Å². The second-order valence-corrected chi connectivity index (χ2v) is 12.6. The SMILES string of the molecule is C[C@H]1O[C@@H](C[C@@H]2O[C@H](CO)C(NC(=O)CCCCCCCCCCC(=O)O)C(O)C2O)C(O)C(O)C1O[C@@H]1OC[C@@H](O)C(O)C1O. The van der Waals surface area contributed by atoms with Crippen molar-refractivity contribution in [3.8, 4) is 0 Å². The number of amides is 1. The molecule has 16 heteroatoms. The lowest BCUT2D eigenvalue weighted by Gasteiger charge is -2.47. The average molecular weight is 668 g/mol. The number of unbranched alkanes of at least 4 members (excludes halogenated alkanes) is 7. The van der Waals surface area contributed by atoms with Crippen molar-refractivity contribution in [2.75, 3.05) is 13.2 Å². The van der Waals surface area contributed by atoms with Crippen molar-refractivity contribution in [3.63, 3.8) is 0 Å². The molecule has 10 N–H and O–H groups in total. The highest BCUT2D eigenvalue weighted by molar-refractivity contribution is 5.76. The summed E-state index contributed by atoms with van der Waals surface area (Å²) in [7, 11) is 0. The molecule has 0 aromatic heterocycles. The molecule has 3 heterocycles. The number of hydrogen-bond donors (Lipinski definition) is 10. The lowest BCUT2D eigenvalue weighted by molar-refractivity contribution is -0.323. The summed E-state index contributed by atoms with van der Waals surface area (Å²) in [6.07, 6.45) is -10.4. The second-order valence-electron chi connectivity index (χ2n) is 12.6. The van der Waals surface area contributed by atoms with Gasteiger partial charge in [-0.25, -0.2) is 0 Å². The number of carbonyl (C=O) groups is 2. The van der Waals surface area contributed by atoms with E-state index in [1.54, 1.807) is 0 Å². The summed E-state index contributed by atoms with van der Waals surface area (Å²) in [4.78, 5) is 23.1. The molecule has 14 atom stereocenters. The van der Waals surface area contributed by atoms with Crippen molar-refractivity contribution >= 4 is 11.9 Å². The number of carboxylic acids is 1. The zero-order valence-corrected chi connectivity index (χ0v) is 26.2. The fourth-order valence-electron chi connectivity index (χ4n) is 6.25. The van der Waals surface area contributed by atoms with E-state index in [0.29, 0.717) is 12.8 Å². The van der Waals surface area contributed by atoms with E-state index in [4.69, 9.17) is 24.1 Å². The van der Waals surface area contributed by atoms with Gasteiger partial charge in [-0.2, -0.15) is 0 Å². The van der Waals surface area contributed by atoms with Crippen molar-refractivity contribution in [1.29, 1.82) is 0 Å². The Morgan fingerprint density at radius 1 is 0.717 bits per heavy atom. The molecule has 3 rings (SSSR count). The molecule has 0 aromatic rings. The Balaban J connectivity index is 1.43. The highest BCUT2D eigenvalue weighted by Crippen LogP contribution is 2.32. The van der Waals surface area contributed by atoms with Gasteiger partial charge < -0.3 is 70.2 Å². The normalized spacial score (nSPS) is 40.0. The van der Waals surface area contributed by atoms with Crippen LogP contribution in [-0.4, -0.2) is 157 Å². The van der Waals surface area contributed by atoms with Crippen LogP contribution in [0.1, 0.15) is 77.6 Å². The molecule has 1 amide bonds. The van der Waals surface area contributed by atoms with E-state index in [-0.39, 0.29) is 31.8 Å². The van der Waals surface area contributed by atoms with Crippen LogP contribution in [0.2, 0.25) is 0 Å². The Bertz CT molecular complexity index is 927. The highest BCUT2D eigenvalue weighted by atomic mass is 16.7. The maximum Gasteiger partial charge on any atom is 0.303 e. The van der Waals surface area contributed by atoms with Gasteiger partial charge in [-0.05, 0) is 19.8 Å². The molecule has 268 valence electrons. The maximum atomic E-state index is 12.6. The third-order valence-corrected chi connectivity index (χ3v) is 9.03. The molecule has 8 unspecified atom stereocenters.